The summed E-state index contributed by atoms with van der Waals surface area (Å²) in [6.45, 7) is -0.475. The topological polar surface area (TPSA) is 90.2 Å². The van der Waals surface area contributed by atoms with E-state index < -0.39 is 31.0 Å². The quantitative estimate of drug-likeness (QED) is 0.343. The second-order valence-corrected chi connectivity index (χ2v) is 2.61. The van der Waals surface area contributed by atoms with Gasteiger partial charge in [0, 0.05) is 0 Å². The van der Waals surface area contributed by atoms with E-state index in [1.807, 2.05) is 0 Å². The fraction of sp³-hybridized carbons (Fsp3) is 1.00. The number of hydrogen-bond donors (Lipinski definition) is 4. The predicted molar refractivity (Wildman–Crippen MR) is 42.0 cm³/mol. The van der Waals surface area contributed by atoms with Gasteiger partial charge in [-0.2, -0.15) is 0 Å². The van der Waals surface area contributed by atoms with Crippen molar-refractivity contribution in [2.75, 3.05) is 13.2 Å². The van der Waals surface area contributed by atoms with Gasteiger partial charge in [0.2, 0.25) is 0 Å². The molecule has 1 aliphatic rings. The van der Waals surface area contributed by atoms with Gasteiger partial charge >= 0.3 is 29.6 Å². The standard InChI is InChI=1S/C6H12O5.Na.H/c7-1-3(8)6-5(10)4(9)2-11-6;;/h3-10H,1-2H2;;/t3-,4+,5-,6-;;/m1../s1. The maximum absolute atomic E-state index is 9.11. The van der Waals surface area contributed by atoms with E-state index in [2.05, 4.69) is 0 Å². The SMILES string of the molecule is OC[C@@H](O)[C@H]1OC[C@H](O)[C@H]1O.[NaH]. The van der Waals surface area contributed by atoms with Crippen LogP contribution in [0.2, 0.25) is 0 Å². The van der Waals surface area contributed by atoms with Gasteiger partial charge in [0.15, 0.2) is 0 Å². The number of aliphatic hydroxyl groups excluding tert-OH is 4. The second kappa shape index (κ2) is 5.51. The van der Waals surface area contributed by atoms with Crippen molar-refractivity contribution in [3.8, 4) is 0 Å². The third-order valence-electron chi connectivity index (χ3n) is 1.76. The molecule has 4 N–H and O–H groups in total. The molecule has 0 spiro atoms. The van der Waals surface area contributed by atoms with Crippen molar-refractivity contribution in [1.29, 1.82) is 0 Å². The van der Waals surface area contributed by atoms with Gasteiger partial charge < -0.3 is 25.2 Å². The zero-order valence-electron chi connectivity index (χ0n) is 5.92. The van der Waals surface area contributed by atoms with Crippen LogP contribution in [-0.4, -0.2) is 87.6 Å². The molecule has 1 heterocycles. The fourth-order valence-corrected chi connectivity index (χ4v) is 1.07. The fourth-order valence-electron chi connectivity index (χ4n) is 1.07. The summed E-state index contributed by atoms with van der Waals surface area (Å²) in [5.41, 5.74) is 0. The van der Waals surface area contributed by atoms with E-state index in [0.717, 1.165) is 0 Å². The first-order valence-electron chi connectivity index (χ1n) is 3.43. The van der Waals surface area contributed by atoms with Crippen LogP contribution in [0, 0.1) is 0 Å². The first-order chi connectivity index (χ1) is 5.16. The Bertz CT molecular complexity index is 133. The zero-order valence-corrected chi connectivity index (χ0v) is 5.92. The van der Waals surface area contributed by atoms with Crippen LogP contribution in [-0.2, 0) is 4.74 Å². The molecule has 4 atom stereocenters. The number of hydrogen-bond acceptors (Lipinski definition) is 5. The minimum absolute atomic E-state index is 0. The summed E-state index contributed by atoms with van der Waals surface area (Å²) >= 11 is 0. The van der Waals surface area contributed by atoms with Gasteiger partial charge in [-0.05, 0) is 0 Å². The van der Waals surface area contributed by atoms with Crippen LogP contribution in [0.3, 0.4) is 0 Å². The van der Waals surface area contributed by atoms with Crippen molar-refractivity contribution in [3.05, 3.63) is 0 Å². The Labute approximate surface area is 92.3 Å². The summed E-state index contributed by atoms with van der Waals surface area (Å²) in [5.74, 6) is 0. The molecule has 0 radical (unpaired) electrons. The molecule has 0 aromatic carbocycles. The maximum atomic E-state index is 9.11. The van der Waals surface area contributed by atoms with Gasteiger partial charge in [-0.1, -0.05) is 0 Å². The van der Waals surface area contributed by atoms with E-state index in [1.165, 1.54) is 0 Å². The Morgan fingerprint density at radius 1 is 1.42 bits per heavy atom. The third kappa shape index (κ3) is 2.65. The molecule has 0 unspecified atom stereocenters. The number of rotatable bonds is 2. The normalized spacial score (nSPS) is 37.5. The predicted octanol–water partition coefficient (Wildman–Crippen LogP) is -3.19. The van der Waals surface area contributed by atoms with E-state index in [9.17, 15) is 0 Å². The Balaban J connectivity index is 0.00000121. The molecule has 1 saturated heterocycles. The van der Waals surface area contributed by atoms with Crippen LogP contribution < -0.4 is 0 Å². The summed E-state index contributed by atoms with van der Waals surface area (Å²) in [7, 11) is 0. The average Bonchev–Trinajstić information content (AvgIpc) is 2.32. The van der Waals surface area contributed by atoms with Crippen molar-refractivity contribution < 1.29 is 25.2 Å². The van der Waals surface area contributed by atoms with E-state index in [4.69, 9.17) is 25.2 Å². The molecule has 0 saturated carbocycles. The van der Waals surface area contributed by atoms with Crippen LogP contribution in [0.1, 0.15) is 0 Å². The van der Waals surface area contributed by atoms with Gasteiger partial charge in [-0.25, -0.2) is 0 Å². The summed E-state index contributed by atoms with van der Waals surface area (Å²) in [6, 6.07) is 0. The molecule has 68 valence electrons. The first kappa shape index (κ1) is 12.8. The van der Waals surface area contributed by atoms with Crippen molar-refractivity contribution >= 4 is 29.6 Å². The molecule has 1 aliphatic heterocycles. The molecule has 12 heavy (non-hydrogen) atoms. The second-order valence-electron chi connectivity index (χ2n) is 2.61. The van der Waals surface area contributed by atoms with Crippen LogP contribution >= 0.6 is 0 Å². The Hall–Kier alpha value is 0.800. The summed E-state index contributed by atoms with van der Waals surface area (Å²) in [4.78, 5) is 0. The third-order valence-corrected chi connectivity index (χ3v) is 1.76. The molecule has 6 heteroatoms. The zero-order chi connectivity index (χ0) is 8.43. The van der Waals surface area contributed by atoms with E-state index >= 15 is 0 Å². The molecule has 1 rings (SSSR count). The van der Waals surface area contributed by atoms with Gasteiger partial charge in [-0.15, -0.1) is 0 Å². The number of aliphatic hydroxyl groups is 4. The van der Waals surface area contributed by atoms with Gasteiger partial charge in [0.25, 0.3) is 0 Å². The summed E-state index contributed by atoms with van der Waals surface area (Å²) in [6.07, 6.45) is -4.05. The van der Waals surface area contributed by atoms with Gasteiger partial charge in [0.05, 0.1) is 13.2 Å². The molecule has 0 aromatic rings. The molecule has 1 fully saturated rings. The van der Waals surface area contributed by atoms with Crippen LogP contribution in [0.25, 0.3) is 0 Å². The molecule has 0 aromatic heterocycles. The Morgan fingerprint density at radius 2 is 2.00 bits per heavy atom. The Morgan fingerprint density at radius 3 is 2.33 bits per heavy atom. The van der Waals surface area contributed by atoms with E-state index in [1.54, 1.807) is 0 Å². The van der Waals surface area contributed by atoms with Crippen molar-refractivity contribution in [1.82, 2.24) is 0 Å². The molecular formula is C6H13NaO5. The van der Waals surface area contributed by atoms with Crippen LogP contribution in [0.5, 0.6) is 0 Å². The van der Waals surface area contributed by atoms with Gasteiger partial charge in [0.1, 0.15) is 24.4 Å². The van der Waals surface area contributed by atoms with Crippen LogP contribution in [0.4, 0.5) is 0 Å². The minimum atomic E-state index is -1.12. The van der Waals surface area contributed by atoms with Crippen LogP contribution in [0.15, 0.2) is 0 Å². The first-order valence-corrected chi connectivity index (χ1v) is 3.43. The Kier molecular flexibility index (Phi) is 5.88. The summed E-state index contributed by atoms with van der Waals surface area (Å²) < 4.78 is 4.82. The van der Waals surface area contributed by atoms with Crippen molar-refractivity contribution in [2.24, 2.45) is 0 Å². The molecule has 0 aliphatic carbocycles. The summed E-state index contributed by atoms with van der Waals surface area (Å²) in [5, 5.41) is 35.5. The van der Waals surface area contributed by atoms with Crippen molar-refractivity contribution in [3.63, 3.8) is 0 Å². The molecule has 0 bridgehead atoms. The van der Waals surface area contributed by atoms with Crippen molar-refractivity contribution in [2.45, 2.75) is 24.4 Å². The van der Waals surface area contributed by atoms with Gasteiger partial charge in [-0.3, -0.25) is 0 Å². The average molecular weight is 188 g/mol. The molecular weight excluding hydrogens is 175 g/mol. The monoisotopic (exact) mass is 188 g/mol. The number of ether oxygens (including phenoxy) is 1. The molecule has 0 amide bonds. The molecule has 5 nitrogen and oxygen atoms in total. The van der Waals surface area contributed by atoms with E-state index in [0.29, 0.717) is 0 Å². The van der Waals surface area contributed by atoms with E-state index in [-0.39, 0.29) is 36.2 Å².